The van der Waals surface area contributed by atoms with E-state index in [0.717, 1.165) is 0 Å². The lowest BCUT2D eigenvalue weighted by molar-refractivity contribution is -0.135. The molecule has 0 radical (unpaired) electrons. The lowest BCUT2D eigenvalue weighted by Gasteiger charge is -2.21. The average molecular weight is 501 g/mol. The molecule has 0 unspecified atom stereocenters. The number of imidazole rings is 1. The van der Waals surface area contributed by atoms with E-state index in [2.05, 4.69) is 20.3 Å². The highest BCUT2D eigenvalue weighted by Crippen LogP contribution is 2.36. The Morgan fingerprint density at radius 3 is 2.79 bits per heavy atom. The fourth-order valence-electron chi connectivity index (χ4n) is 3.64. The monoisotopic (exact) mass is 501 g/mol. The normalized spacial score (nSPS) is 26.2. The van der Waals surface area contributed by atoms with E-state index in [1.54, 1.807) is 0 Å². The summed E-state index contributed by atoms with van der Waals surface area (Å²) in [7, 11) is -4.69. The largest absolute Gasteiger partial charge is 0.439 e. The van der Waals surface area contributed by atoms with Crippen LogP contribution in [0.1, 0.15) is 20.1 Å². The number of aliphatic hydroxyl groups excluding tert-OH is 2. The second kappa shape index (κ2) is 8.91. The number of ether oxygens (including phenoxy) is 2. The van der Waals surface area contributed by atoms with Gasteiger partial charge in [-0.05, 0) is 5.92 Å². The van der Waals surface area contributed by atoms with Crippen molar-refractivity contribution in [2.24, 2.45) is 5.92 Å². The molecule has 16 nitrogen and oxygen atoms in total. The molecule has 2 saturated heterocycles. The number of nitrogens with two attached hydrogens (primary N) is 1. The van der Waals surface area contributed by atoms with Crippen molar-refractivity contribution in [1.29, 1.82) is 0 Å². The Balaban J connectivity index is 1.47. The zero-order valence-corrected chi connectivity index (χ0v) is 18.7. The molecular formula is C17H23N7O9S. The van der Waals surface area contributed by atoms with Crippen LogP contribution in [0.2, 0.25) is 0 Å². The van der Waals surface area contributed by atoms with Crippen molar-refractivity contribution in [3.8, 4) is 0 Å². The molecule has 0 aliphatic carbocycles. The Kier molecular flexibility index (Phi) is 6.30. The van der Waals surface area contributed by atoms with Crippen LogP contribution in [0.3, 0.4) is 0 Å². The van der Waals surface area contributed by atoms with Crippen LogP contribution in [-0.4, -0.2) is 87.2 Å². The molecule has 186 valence electrons. The number of anilines is 1. The van der Waals surface area contributed by atoms with Gasteiger partial charge in [0.25, 0.3) is 5.91 Å². The predicted octanol–water partition coefficient (Wildman–Crippen LogP) is -2.46. The van der Waals surface area contributed by atoms with Gasteiger partial charge in [0, 0.05) is 0 Å². The number of hydrogen-bond donors (Lipinski definition) is 5. The van der Waals surface area contributed by atoms with Crippen molar-refractivity contribution < 1.29 is 41.9 Å². The molecule has 2 aliphatic heterocycles. The maximum atomic E-state index is 12.2. The lowest BCUT2D eigenvalue weighted by Crippen LogP contribution is -2.47. The number of alkyl carbamates (subject to hydrolysis) is 1. The molecule has 0 saturated carbocycles. The summed E-state index contributed by atoms with van der Waals surface area (Å²) in [6, 6.07) is -0.798. The van der Waals surface area contributed by atoms with Crippen LogP contribution >= 0.6 is 0 Å². The molecule has 0 spiro atoms. The third-order valence-electron chi connectivity index (χ3n) is 5.43. The van der Waals surface area contributed by atoms with Crippen molar-refractivity contribution in [3.63, 3.8) is 0 Å². The van der Waals surface area contributed by atoms with Gasteiger partial charge in [0.2, 0.25) is 0 Å². The smallest absolute Gasteiger partial charge is 0.408 e. The Bertz CT molecular complexity index is 1200. The van der Waals surface area contributed by atoms with E-state index in [0.29, 0.717) is 11.2 Å². The summed E-state index contributed by atoms with van der Waals surface area (Å²) in [5.74, 6) is -1.73. The van der Waals surface area contributed by atoms with Crippen LogP contribution < -0.4 is 15.8 Å². The van der Waals surface area contributed by atoms with Crippen molar-refractivity contribution in [3.05, 3.63) is 12.7 Å². The molecule has 6 atom stereocenters. The van der Waals surface area contributed by atoms with Gasteiger partial charge in [-0.1, -0.05) is 13.8 Å². The number of amides is 2. The van der Waals surface area contributed by atoms with E-state index in [4.69, 9.17) is 19.4 Å². The van der Waals surface area contributed by atoms with Gasteiger partial charge in [-0.2, -0.15) is 8.42 Å². The van der Waals surface area contributed by atoms with E-state index < -0.39 is 71.5 Å². The van der Waals surface area contributed by atoms with Crippen LogP contribution in [0.5, 0.6) is 0 Å². The zero-order chi connectivity index (χ0) is 24.8. The van der Waals surface area contributed by atoms with Gasteiger partial charge in [0.1, 0.15) is 24.0 Å². The SMILES string of the molecule is CC(C)[C@@H](O)[C@H](O)C(=O)NS(=O)(=O)OC[C@H]1O[C@@H](n2cnc3c(N)ncnc32)[C@@H]2OC(=O)N[C@@H]21. The first-order chi connectivity index (χ1) is 16.0. The number of aliphatic hydroxyl groups is 2. The number of carbonyl (C=O) groups excluding carboxylic acids is 2. The summed E-state index contributed by atoms with van der Waals surface area (Å²) in [5, 5.41) is 22.1. The number of rotatable bonds is 8. The summed E-state index contributed by atoms with van der Waals surface area (Å²) >= 11 is 0. The molecule has 0 bridgehead atoms. The van der Waals surface area contributed by atoms with E-state index in [1.807, 2.05) is 0 Å². The van der Waals surface area contributed by atoms with E-state index in [-0.39, 0.29) is 5.82 Å². The first kappa shape index (κ1) is 24.0. The van der Waals surface area contributed by atoms with E-state index in [1.165, 1.54) is 35.8 Å². The van der Waals surface area contributed by atoms with Crippen molar-refractivity contribution in [1.82, 2.24) is 29.6 Å². The number of nitrogen functional groups attached to an aromatic ring is 1. The minimum atomic E-state index is -4.69. The molecule has 6 N–H and O–H groups in total. The lowest BCUT2D eigenvalue weighted by atomic mass is 10.0. The standard InChI is InChI=1S/C17H23N7O9S/c1-6(2)10(25)11(26)15(27)23-34(29,30)31-3-7-8-12(33-17(28)22-8)16(32-7)24-5-21-9-13(18)19-4-20-14(9)24/h4-8,10-12,16,25-26H,3H2,1-2H3,(H,22,28)(H,23,27)(H2,18,19,20)/t7-,8-,10-,11+,12-,16-/m1/s1. The molecule has 4 rings (SSSR count). The molecular weight excluding hydrogens is 478 g/mol. The molecule has 34 heavy (non-hydrogen) atoms. The number of fused-ring (bicyclic) bond motifs is 2. The molecule has 0 aromatic carbocycles. The fourth-order valence-corrected chi connectivity index (χ4v) is 4.38. The van der Waals surface area contributed by atoms with Gasteiger partial charge >= 0.3 is 16.4 Å². The Morgan fingerprint density at radius 2 is 2.09 bits per heavy atom. The van der Waals surface area contributed by atoms with E-state index in [9.17, 15) is 28.2 Å². The second-order valence-corrected chi connectivity index (χ2v) is 9.42. The van der Waals surface area contributed by atoms with Gasteiger partial charge < -0.3 is 30.7 Å². The van der Waals surface area contributed by atoms with Crippen molar-refractivity contribution >= 4 is 39.3 Å². The quantitative estimate of drug-likeness (QED) is 0.253. The molecule has 2 aromatic rings. The molecule has 17 heteroatoms. The minimum absolute atomic E-state index is 0.131. The first-order valence-electron chi connectivity index (χ1n) is 10.1. The maximum Gasteiger partial charge on any atom is 0.408 e. The topological polar surface area (TPSA) is 230 Å². The number of nitrogens with zero attached hydrogens (tertiary/aromatic N) is 4. The predicted molar refractivity (Wildman–Crippen MR) is 111 cm³/mol. The van der Waals surface area contributed by atoms with Gasteiger partial charge in [-0.3, -0.25) is 13.5 Å². The molecule has 2 aliphatic rings. The third-order valence-corrected chi connectivity index (χ3v) is 6.32. The summed E-state index contributed by atoms with van der Waals surface area (Å²) in [6.45, 7) is 2.47. The zero-order valence-electron chi connectivity index (χ0n) is 17.9. The highest BCUT2D eigenvalue weighted by molar-refractivity contribution is 7.85. The fraction of sp³-hybridized carbons (Fsp3) is 0.588. The van der Waals surface area contributed by atoms with Crippen molar-refractivity contribution in [2.75, 3.05) is 12.3 Å². The minimum Gasteiger partial charge on any atom is -0.439 e. The molecule has 2 aromatic heterocycles. The highest BCUT2D eigenvalue weighted by Gasteiger charge is 2.53. The van der Waals surface area contributed by atoms with Crippen LogP contribution in [0.15, 0.2) is 12.7 Å². The number of hydrogen-bond acceptors (Lipinski definition) is 13. The van der Waals surface area contributed by atoms with Gasteiger partial charge in [-0.15, -0.1) is 0 Å². The van der Waals surface area contributed by atoms with Gasteiger partial charge in [0.15, 0.2) is 29.9 Å². The summed E-state index contributed by atoms with van der Waals surface area (Å²) < 4.78 is 43.4. The van der Waals surface area contributed by atoms with Crippen molar-refractivity contribution in [2.45, 2.75) is 50.5 Å². The highest BCUT2D eigenvalue weighted by atomic mass is 32.2. The average Bonchev–Trinajstić information content (AvgIpc) is 3.44. The first-order valence-corrected chi connectivity index (χ1v) is 11.5. The van der Waals surface area contributed by atoms with Crippen LogP contribution in [0.4, 0.5) is 10.6 Å². The Hall–Kier alpha value is -3.12. The van der Waals surface area contributed by atoms with Gasteiger partial charge in [-0.25, -0.2) is 24.5 Å². The molecule has 2 fully saturated rings. The van der Waals surface area contributed by atoms with Crippen LogP contribution in [-0.2, 0) is 28.8 Å². The molecule has 2 amide bonds. The van der Waals surface area contributed by atoms with Gasteiger partial charge in [0.05, 0.1) is 19.0 Å². The number of nitrogens with one attached hydrogen (secondary N) is 2. The summed E-state index contributed by atoms with van der Waals surface area (Å²) in [5.41, 5.74) is 6.40. The Labute approximate surface area is 192 Å². The summed E-state index contributed by atoms with van der Waals surface area (Å²) in [6.07, 6.45) is -4.46. The maximum absolute atomic E-state index is 12.2. The summed E-state index contributed by atoms with van der Waals surface area (Å²) in [4.78, 5) is 35.9. The number of carbonyl (C=O) groups is 2. The Morgan fingerprint density at radius 1 is 1.35 bits per heavy atom. The van der Waals surface area contributed by atoms with Crippen LogP contribution in [0.25, 0.3) is 11.2 Å². The van der Waals surface area contributed by atoms with E-state index >= 15 is 0 Å². The van der Waals surface area contributed by atoms with Crippen LogP contribution in [0, 0.1) is 5.92 Å². The molecule has 4 heterocycles. The third kappa shape index (κ3) is 4.47. The number of aromatic nitrogens is 4. The second-order valence-electron chi connectivity index (χ2n) is 8.07.